The van der Waals surface area contributed by atoms with E-state index >= 15 is 0 Å². The van der Waals surface area contributed by atoms with E-state index in [9.17, 15) is 4.79 Å². The summed E-state index contributed by atoms with van der Waals surface area (Å²) in [6.07, 6.45) is 7.75. The van der Waals surface area contributed by atoms with Crippen LogP contribution in [0.4, 0.5) is 11.6 Å². The quantitative estimate of drug-likeness (QED) is 0.795. The van der Waals surface area contributed by atoms with Crippen LogP contribution >= 0.6 is 0 Å². The highest BCUT2D eigenvalue weighted by atomic mass is 16.1. The summed E-state index contributed by atoms with van der Waals surface area (Å²) in [5.74, 6) is 1.16. The van der Waals surface area contributed by atoms with Crippen LogP contribution in [-0.4, -0.2) is 14.5 Å². The highest BCUT2D eigenvalue weighted by molar-refractivity contribution is 5.75. The molecule has 2 aliphatic rings. The van der Waals surface area contributed by atoms with Gasteiger partial charge in [-0.2, -0.15) is 4.98 Å². The van der Waals surface area contributed by atoms with Gasteiger partial charge in [-0.3, -0.25) is 9.36 Å². The van der Waals surface area contributed by atoms with Crippen LogP contribution in [0.1, 0.15) is 30.4 Å². The molecule has 5 nitrogen and oxygen atoms in total. The third-order valence-corrected chi connectivity index (χ3v) is 5.22. The lowest BCUT2D eigenvalue weighted by atomic mass is 10.1. The number of nitrogens with one attached hydrogen (secondary N) is 1. The maximum atomic E-state index is 12.3. The Morgan fingerprint density at radius 2 is 2.00 bits per heavy atom. The van der Waals surface area contributed by atoms with Crippen LogP contribution in [0.5, 0.6) is 0 Å². The molecule has 5 rings (SSSR count). The molecule has 0 amide bonds. The largest absolute Gasteiger partial charge is 0.324 e. The number of hydrogen-bond donors (Lipinski definition) is 1. The number of hydrogen-bond acceptors (Lipinski definition) is 4. The Bertz CT molecular complexity index is 1020. The molecule has 5 heteroatoms. The summed E-state index contributed by atoms with van der Waals surface area (Å²) < 4.78 is 1.79. The highest BCUT2D eigenvalue weighted by Crippen LogP contribution is 2.31. The molecule has 1 aromatic carbocycles. The number of pyridine rings is 1. The van der Waals surface area contributed by atoms with Crippen molar-refractivity contribution in [1.82, 2.24) is 14.5 Å². The Labute approximate surface area is 145 Å². The lowest BCUT2D eigenvalue weighted by Crippen LogP contribution is -2.21. The predicted molar refractivity (Wildman–Crippen MR) is 98.3 cm³/mol. The van der Waals surface area contributed by atoms with Crippen molar-refractivity contribution in [3.05, 3.63) is 58.0 Å². The molecule has 1 saturated carbocycles. The van der Waals surface area contributed by atoms with Crippen LogP contribution in [-0.2, 0) is 19.4 Å². The summed E-state index contributed by atoms with van der Waals surface area (Å²) in [6, 6.07) is 9.88. The number of fused-ring (bicyclic) bond motifs is 2. The van der Waals surface area contributed by atoms with Crippen molar-refractivity contribution in [2.24, 2.45) is 5.92 Å². The number of aryl methyl sites for hydroxylation is 2. The van der Waals surface area contributed by atoms with E-state index in [0.717, 1.165) is 29.7 Å². The molecule has 25 heavy (non-hydrogen) atoms. The summed E-state index contributed by atoms with van der Waals surface area (Å²) in [6.45, 7) is 0.755. The second kappa shape index (κ2) is 5.69. The summed E-state index contributed by atoms with van der Waals surface area (Å²) in [5, 5.41) is 4.21. The van der Waals surface area contributed by atoms with Crippen LogP contribution in [0.2, 0.25) is 0 Å². The van der Waals surface area contributed by atoms with E-state index in [-0.39, 0.29) is 5.56 Å². The number of aromatic nitrogens is 3. The summed E-state index contributed by atoms with van der Waals surface area (Å²) >= 11 is 0. The van der Waals surface area contributed by atoms with Crippen molar-refractivity contribution in [3.63, 3.8) is 0 Å². The van der Waals surface area contributed by atoms with Gasteiger partial charge in [0.15, 0.2) is 0 Å². The van der Waals surface area contributed by atoms with Gasteiger partial charge in [0.25, 0.3) is 5.56 Å². The molecule has 0 aliphatic heterocycles. The third-order valence-electron chi connectivity index (χ3n) is 5.22. The Morgan fingerprint density at radius 3 is 2.88 bits per heavy atom. The first-order valence-corrected chi connectivity index (χ1v) is 9.02. The summed E-state index contributed by atoms with van der Waals surface area (Å²) in [5.41, 5.74) is 4.60. The minimum atomic E-state index is 0.0154. The minimum absolute atomic E-state index is 0.0154. The molecule has 1 fully saturated rings. The molecular weight excluding hydrogens is 312 g/mol. The molecule has 126 valence electrons. The molecule has 0 spiro atoms. The molecule has 2 heterocycles. The van der Waals surface area contributed by atoms with Crippen molar-refractivity contribution in [2.45, 2.75) is 38.6 Å². The van der Waals surface area contributed by atoms with Gasteiger partial charge in [-0.05, 0) is 67.3 Å². The topological polar surface area (TPSA) is 59.8 Å². The highest BCUT2D eigenvalue weighted by Gasteiger charge is 2.23. The van der Waals surface area contributed by atoms with E-state index in [4.69, 9.17) is 0 Å². The van der Waals surface area contributed by atoms with Crippen molar-refractivity contribution >= 4 is 22.7 Å². The first-order chi connectivity index (χ1) is 12.3. The molecule has 0 unspecified atom stereocenters. The smallest absolute Gasteiger partial charge is 0.252 e. The van der Waals surface area contributed by atoms with E-state index in [1.54, 1.807) is 22.9 Å². The molecular formula is C20H20N4O. The molecule has 0 saturated heterocycles. The van der Waals surface area contributed by atoms with Crippen molar-refractivity contribution in [2.75, 3.05) is 5.32 Å². The lowest BCUT2D eigenvalue weighted by molar-refractivity contribution is 0.622. The Hall–Kier alpha value is -2.69. The van der Waals surface area contributed by atoms with E-state index in [1.165, 1.54) is 36.8 Å². The number of rotatable bonds is 4. The van der Waals surface area contributed by atoms with Crippen molar-refractivity contribution < 1.29 is 0 Å². The van der Waals surface area contributed by atoms with Crippen LogP contribution in [0, 0.1) is 5.92 Å². The monoisotopic (exact) mass is 332 g/mol. The Morgan fingerprint density at radius 1 is 1.12 bits per heavy atom. The number of benzene rings is 1. The van der Waals surface area contributed by atoms with Gasteiger partial charge in [0.2, 0.25) is 5.95 Å². The van der Waals surface area contributed by atoms with Crippen LogP contribution in [0.3, 0.4) is 0 Å². The van der Waals surface area contributed by atoms with Crippen LogP contribution < -0.4 is 10.9 Å². The van der Waals surface area contributed by atoms with Gasteiger partial charge in [0.05, 0.1) is 0 Å². The second-order valence-electron chi connectivity index (χ2n) is 7.16. The van der Waals surface area contributed by atoms with Crippen molar-refractivity contribution in [1.29, 1.82) is 0 Å². The Kier molecular flexibility index (Phi) is 3.33. The molecule has 0 atom stereocenters. The van der Waals surface area contributed by atoms with Gasteiger partial charge in [-0.1, -0.05) is 6.07 Å². The third kappa shape index (κ3) is 2.80. The minimum Gasteiger partial charge on any atom is -0.324 e. The molecule has 0 radical (unpaired) electrons. The van der Waals surface area contributed by atoms with Gasteiger partial charge in [-0.25, -0.2) is 4.98 Å². The fourth-order valence-electron chi connectivity index (χ4n) is 3.65. The molecule has 0 bridgehead atoms. The number of anilines is 2. The standard InChI is InChI=1S/C20H20N4O/c25-18-9-7-16-11-21-20(23-19(16)24(18)12-13-4-5-13)22-17-8-6-14-2-1-3-15(14)10-17/h6-11,13H,1-5,12H2,(H,21,22,23). The maximum absolute atomic E-state index is 12.3. The molecule has 3 aromatic rings. The molecule has 1 N–H and O–H groups in total. The normalized spacial score (nSPS) is 16.2. The summed E-state index contributed by atoms with van der Waals surface area (Å²) in [7, 11) is 0. The zero-order chi connectivity index (χ0) is 16.8. The first-order valence-electron chi connectivity index (χ1n) is 9.02. The zero-order valence-electron chi connectivity index (χ0n) is 14.0. The van der Waals surface area contributed by atoms with Gasteiger partial charge < -0.3 is 5.32 Å². The average Bonchev–Trinajstić information content (AvgIpc) is 3.32. The molecule has 2 aliphatic carbocycles. The fourth-order valence-corrected chi connectivity index (χ4v) is 3.65. The predicted octanol–water partition coefficient (Wildman–Crippen LogP) is 3.43. The van der Waals surface area contributed by atoms with Gasteiger partial charge >= 0.3 is 0 Å². The maximum Gasteiger partial charge on any atom is 0.252 e. The number of nitrogens with zero attached hydrogens (tertiary/aromatic N) is 3. The molecule has 2 aromatic heterocycles. The van der Waals surface area contributed by atoms with Crippen LogP contribution in [0.15, 0.2) is 41.3 Å². The van der Waals surface area contributed by atoms with E-state index in [0.29, 0.717) is 11.9 Å². The lowest BCUT2D eigenvalue weighted by Gasteiger charge is -2.11. The summed E-state index contributed by atoms with van der Waals surface area (Å²) in [4.78, 5) is 21.3. The second-order valence-corrected chi connectivity index (χ2v) is 7.16. The van der Waals surface area contributed by atoms with E-state index in [2.05, 4.69) is 33.5 Å². The fraction of sp³-hybridized carbons (Fsp3) is 0.350. The Balaban J connectivity index is 1.52. The average molecular weight is 332 g/mol. The van der Waals surface area contributed by atoms with E-state index < -0.39 is 0 Å². The van der Waals surface area contributed by atoms with Gasteiger partial charge in [0.1, 0.15) is 5.65 Å². The van der Waals surface area contributed by atoms with Gasteiger partial charge in [0, 0.05) is 29.9 Å². The first kappa shape index (κ1) is 14.6. The van der Waals surface area contributed by atoms with E-state index in [1.807, 2.05) is 0 Å². The van der Waals surface area contributed by atoms with Crippen LogP contribution in [0.25, 0.3) is 11.0 Å². The van der Waals surface area contributed by atoms with Crippen molar-refractivity contribution in [3.8, 4) is 0 Å². The zero-order valence-corrected chi connectivity index (χ0v) is 14.0. The van der Waals surface area contributed by atoms with Gasteiger partial charge in [-0.15, -0.1) is 0 Å². The SMILES string of the molecule is O=c1ccc2cnc(Nc3ccc4c(c3)CCC4)nc2n1CC1CC1.